The third kappa shape index (κ3) is 3.19. The van der Waals surface area contributed by atoms with Gasteiger partial charge in [-0.3, -0.25) is 0 Å². The van der Waals surface area contributed by atoms with Crippen LogP contribution in [0.2, 0.25) is 0 Å². The second kappa shape index (κ2) is 5.34. The van der Waals surface area contributed by atoms with Gasteiger partial charge in [-0.05, 0) is 11.3 Å². The van der Waals surface area contributed by atoms with E-state index in [0.717, 1.165) is 10.8 Å². The van der Waals surface area contributed by atoms with E-state index in [9.17, 15) is 23.7 Å². The number of imidazole rings is 1. The summed E-state index contributed by atoms with van der Waals surface area (Å²) >= 11 is 0. The molecule has 8 nitrogen and oxygen atoms in total. The molecule has 0 unspecified atom stereocenters. The third-order valence-electron chi connectivity index (χ3n) is 2.55. The van der Waals surface area contributed by atoms with E-state index < -0.39 is 20.6 Å². The van der Waals surface area contributed by atoms with Crippen molar-refractivity contribution >= 4 is 15.7 Å². The lowest BCUT2D eigenvalue weighted by molar-refractivity contribution is -0.613. The first-order valence-corrected chi connectivity index (χ1v) is 7.24. The van der Waals surface area contributed by atoms with Crippen LogP contribution in [0.1, 0.15) is 19.2 Å². The predicted molar refractivity (Wildman–Crippen MR) is 63.7 cm³/mol. The molecule has 1 rings (SSSR count). The Morgan fingerprint density at radius 1 is 1.44 bits per heavy atom. The van der Waals surface area contributed by atoms with Gasteiger partial charge >= 0.3 is 5.82 Å². The zero-order valence-electron chi connectivity index (χ0n) is 10.2. The molecular formula is C9H15N3O5S. The van der Waals surface area contributed by atoms with Crippen molar-refractivity contribution in [1.82, 2.24) is 4.57 Å². The van der Waals surface area contributed by atoms with E-state index in [1.165, 1.54) is 6.92 Å². The number of hydrogen-bond acceptors (Lipinski definition) is 5. The zero-order valence-corrected chi connectivity index (χ0v) is 11.0. The Morgan fingerprint density at radius 3 is 2.56 bits per heavy atom. The fourth-order valence-corrected chi connectivity index (χ4v) is 2.91. The minimum Gasteiger partial charge on any atom is -0.711 e. The quantitative estimate of drug-likeness (QED) is 0.318. The van der Waals surface area contributed by atoms with Gasteiger partial charge in [0.15, 0.2) is 16.0 Å². The van der Waals surface area contributed by atoms with Crippen molar-refractivity contribution in [2.75, 3.05) is 11.5 Å². The van der Waals surface area contributed by atoms with Crippen LogP contribution < -0.4 is 4.73 Å². The molecule has 102 valence electrons. The summed E-state index contributed by atoms with van der Waals surface area (Å²) in [7, 11) is -3.23. The molecule has 0 aliphatic heterocycles. The SMILES string of the molecule is CCCS(=O)(=O)CCn1c([N+](=O)[O-])c[n+]([O-])c1C. The maximum atomic E-state index is 11.5. The highest BCUT2D eigenvalue weighted by Gasteiger charge is 2.23. The highest BCUT2D eigenvalue weighted by atomic mass is 32.2. The Kier molecular flexibility index (Phi) is 4.28. The fraction of sp³-hybridized carbons (Fsp3) is 0.667. The Morgan fingerprint density at radius 2 is 2.06 bits per heavy atom. The first-order valence-electron chi connectivity index (χ1n) is 5.42. The van der Waals surface area contributed by atoms with Gasteiger partial charge in [-0.1, -0.05) is 6.92 Å². The molecule has 0 spiro atoms. The molecule has 1 aromatic heterocycles. The lowest BCUT2D eigenvalue weighted by Gasteiger charge is -2.04. The number of sulfone groups is 1. The van der Waals surface area contributed by atoms with Gasteiger partial charge in [-0.15, -0.1) is 0 Å². The summed E-state index contributed by atoms with van der Waals surface area (Å²) in [6.45, 7) is 3.07. The van der Waals surface area contributed by atoms with Crippen LogP contribution >= 0.6 is 0 Å². The molecule has 1 aromatic rings. The van der Waals surface area contributed by atoms with Gasteiger partial charge in [0.1, 0.15) is 6.54 Å². The van der Waals surface area contributed by atoms with Gasteiger partial charge in [0.25, 0.3) is 5.82 Å². The van der Waals surface area contributed by atoms with Crippen molar-refractivity contribution in [3.8, 4) is 0 Å². The average molecular weight is 277 g/mol. The fourth-order valence-electron chi connectivity index (χ4n) is 1.62. The third-order valence-corrected chi connectivity index (χ3v) is 4.38. The summed E-state index contributed by atoms with van der Waals surface area (Å²) in [5, 5.41) is 22.0. The maximum absolute atomic E-state index is 11.5. The van der Waals surface area contributed by atoms with Crippen LogP contribution in [0.3, 0.4) is 0 Å². The Balaban J connectivity index is 2.95. The normalized spacial score (nSPS) is 11.7. The molecule has 0 atom stereocenters. The number of nitro groups is 1. The maximum Gasteiger partial charge on any atom is 0.365 e. The molecule has 0 bridgehead atoms. The summed E-state index contributed by atoms with van der Waals surface area (Å²) < 4.78 is 24.5. The van der Waals surface area contributed by atoms with Crippen molar-refractivity contribution in [3.05, 3.63) is 27.3 Å². The number of hydrogen-bond donors (Lipinski definition) is 0. The van der Waals surface area contributed by atoms with Crippen LogP contribution in [0, 0.1) is 22.2 Å². The van der Waals surface area contributed by atoms with Crippen LogP contribution in [0.25, 0.3) is 0 Å². The second-order valence-electron chi connectivity index (χ2n) is 3.92. The van der Waals surface area contributed by atoms with Crippen molar-refractivity contribution in [1.29, 1.82) is 0 Å². The number of nitrogens with zero attached hydrogens (tertiary/aromatic N) is 3. The molecule has 0 aromatic carbocycles. The molecule has 0 N–H and O–H groups in total. The van der Waals surface area contributed by atoms with Crippen molar-refractivity contribution in [3.63, 3.8) is 0 Å². The molecule has 0 saturated carbocycles. The van der Waals surface area contributed by atoms with Crippen LogP contribution in [-0.4, -0.2) is 29.4 Å². The van der Waals surface area contributed by atoms with E-state index in [0.29, 0.717) is 11.2 Å². The van der Waals surface area contributed by atoms with E-state index in [1.54, 1.807) is 6.92 Å². The molecule has 0 aliphatic carbocycles. The smallest absolute Gasteiger partial charge is 0.365 e. The molecule has 0 aliphatic rings. The van der Waals surface area contributed by atoms with Gasteiger partial charge in [-0.25, -0.2) is 13.1 Å². The van der Waals surface area contributed by atoms with Gasteiger partial charge < -0.3 is 15.3 Å². The summed E-state index contributed by atoms with van der Waals surface area (Å²) in [5.41, 5.74) is 0. The van der Waals surface area contributed by atoms with E-state index >= 15 is 0 Å². The Labute approximate surface area is 104 Å². The van der Waals surface area contributed by atoms with E-state index in [4.69, 9.17) is 0 Å². The molecule has 9 heteroatoms. The number of rotatable bonds is 6. The van der Waals surface area contributed by atoms with Gasteiger partial charge in [-0.2, -0.15) is 4.57 Å². The van der Waals surface area contributed by atoms with E-state index in [-0.39, 0.29) is 23.9 Å². The average Bonchev–Trinajstić information content (AvgIpc) is 2.53. The first kappa shape index (κ1) is 14.4. The first-order chi connectivity index (χ1) is 8.28. The molecule has 18 heavy (non-hydrogen) atoms. The summed E-state index contributed by atoms with van der Waals surface area (Å²) in [4.78, 5) is 10.0. The molecule has 1 heterocycles. The highest BCUT2D eigenvalue weighted by Crippen LogP contribution is 2.12. The van der Waals surface area contributed by atoms with Gasteiger partial charge in [0.05, 0.1) is 11.5 Å². The summed E-state index contributed by atoms with van der Waals surface area (Å²) in [6.07, 6.45) is 1.33. The number of aromatic nitrogens is 2. The molecular weight excluding hydrogens is 262 g/mol. The topological polar surface area (TPSA) is 109 Å². The van der Waals surface area contributed by atoms with Crippen LogP contribution in [0.4, 0.5) is 5.82 Å². The van der Waals surface area contributed by atoms with Crippen LogP contribution in [0.15, 0.2) is 6.20 Å². The summed E-state index contributed by atoms with van der Waals surface area (Å²) in [6, 6.07) is 0. The molecule has 0 radical (unpaired) electrons. The Bertz CT molecular complexity index is 549. The lowest BCUT2D eigenvalue weighted by Crippen LogP contribution is -2.28. The zero-order chi connectivity index (χ0) is 13.9. The van der Waals surface area contributed by atoms with Crippen molar-refractivity contribution in [2.24, 2.45) is 0 Å². The van der Waals surface area contributed by atoms with Crippen LogP contribution in [-0.2, 0) is 16.4 Å². The van der Waals surface area contributed by atoms with Gasteiger partial charge in [0, 0.05) is 6.92 Å². The largest absolute Gasteiger partial charge is 0.711 e. The monoisotopic (exact) mass is 277 g/mol. The van der Waals surface area contributed by atoms with Crippen LogP contribution in [0.5, 0.6) is 0 Å². The van der Waals surface area contributed by atoms with E-state index in [1.807, 2.05) is 0 Å². The highest BCUT2D eigenvalue weighted by molar-refractivity contribution is 7.91. The molecule has 0 fully saturated rings. The summed E-state index contributed by atoms with van der Waals surface area (Å²) in [5.74, 6) is -0.460. The lowest BCUT2D eigenvalue weighted by atomic mass is 10.6. The molecule has 0 saturated heterocycles. The van der Waals surface area contributed by atoms with Gasteiger partial charge in [0.2, 0.25) is 0 Å². The minimum absolute atomic E-state index is 0.0402. The Hall–Kier alpha value is -1.64. The van der Waals surface area contributed by atoms with Crippen molar-refractivity contribution < 1.29 is 18.1 Å². The second-order valence-corrected chi connectivity index (χ2v) is 6.22. The predicted octanol–water partition coefficient (Wildman–Crippen LogP) is 0.163. The minimum atomic E-state index is -3.23. The van der Waals surface area contributed by atoms with Crippen molar-refractivity contribution in [2.45, 2.75) is 26.8 Å². The van der Waals surface area contributed by atoms with E-state index in [2.05, 4.69) is 0 Å². The standard InChI is InChI=1S/C9H15N3O5S/c1-3-5-18(16,17)6-4-10-8(2)11(13)7-9(10)12(14)15/h7H,3-6H2,1-2H3. The molecule has 0 amide bonds.